The molecule has 2 unspecified atom stereocenters. The lowest BCUT2D eigenvalue weighted by Crippen LogP contribution is -2.44. The molecule has 2 aromatic rings. The predicted molar refractivity (Wildman–Crippen MR) is 152 cm³/mol. The Hall–Kier alpha value is -1.29. The quantitative estimate of drug-likeness (QED) is 0.260. The number of benzene rings is 1. The molecule has 0 amide bonds. The molecule has 7 heteroatoms. The summed E-state index contributed by atoms with van der Waals surface area (Å²) in [6.07, 6.45) is 0.812. The van der Waals surface area contributed by atoms with Crippen molar-refractivity contribution in [3.05, 3.63) is 61.5 Å². The monoisotopic (exact) mass is 609 g/mol. The highest BCUT2D eigenvalue weighted by atomic mass is 127. The van der Waals surface area contributed by atoms with Crippen molar-refractivity contribution in [2.75, 3.05) is 0 Å². The fourth-order valence-corrected chi connectivity index (χ4v) is 7.05. The van der Waals surface area contributed by atoms with Crippen LogP contribution in [0.25, 0.3) is 0 Å². The summed E-state index contributed by atoms with van der Waals surface area (Å²) in [6.45, 7) is 20.1. The van der Waals surface area contributed by atoms with Gasteiger partial charge in [0.1, 0.15) is 6.10 Å². The number of carbonyl (C=O) groups is 1. The molecule has 1 aromatic carbocycles. The second-order valence-electron chi connectivity index (χ2n) is 12.5. The van der Waals surface area contributed by atoms with Gasteiger partial charge in [-0.2, -0.15) is 0 Å². The zero-order valence-electron chi connectivity index (χ0n) is 22.5. The van der Waals surface area contributed by atoms with Crippen molar-refractivity contribution in [1.29, 1.82) is 0 Å². The van der Waals surface area contributed by atoms with Crippen molar-refractivity contribution >= 4 is 36.9 Å². The molecule has 1 heterocycles. The molecular formula is C28H40INO4Si. The van der Waals surface area contributed by atoms with Gasteiger partial charge in [-0.1, -0.05) is 60.6 Å². The summed E-state index contributed by atoms with van der Waals surface area (Å²) >= 11 is 2.38. The molecule has 35 heavy (non-hydrogen) atoms. The van der Waals surface area contributed by atoms with Gasteiger partial charge in [0.25, 0.3) is 0 Å². The highest BCUT2D eigenvalue weighted by Gasteiger charge is 2.44. The largest absolute Gasteiger partial charge is 0.478 e. The van der Waals surface area contributed by atoms with Gasteiger partial charge in [0.2, 0.25) is 0 Å². The average molecular weight is 610 g/mol. The van der Waals surface area contributed by atoms with E-state index < -0.39 is 20.4 Å². The van der Waals surface area contributed by atoms with E-state index in [1.807, 2.05) is 0 Å². The molecule has 0 bridgehead atoms. The number of fused-ring (bicyclic) bond motifs is 1. The van der Waals surface area contributed by atoms with Crippen molar-refractivity contribution in [1.82, 2.24) is 4.98 Å². The van der Waals surface area contributed by atoms with Crippen LogP contribution in [0.1, 0.15) is 111 Å². The average Bonchev–Trinajstić information content (AvgIpc) is 2.70. The lowest BCUT2D eigenvalue weighted by Gasteiger charge is -2.44. The van der Waals surface area contributed by atoms with E-state index in [2.05, 4.69) is 84.2 Å². The Labute approximate surface area is 225 Å². The second kappa shape index (κ2) is 9.87. The maximum absolute atomic E-state index is 11.6. The summed E-state index contributed by atoms with van der Waals surface area (Å²) in [7, 11) is -2.06. The number of pyridine rings is 1. The standard InChI is InChI=1S/C28H40INO4Si/c1-16(2)24-22(25(31)17-10-12-18(13-11-17)26(32)33)23(29)21-19(30-24)14-28(6,7)15-20(21)34-35(8,9)27(3,4)5/h10-13,16,20,25,31H,14-15H2,1-9H3,(H,32,33). The molecule has 3 rings (SSSR count). The summed E-state index contributed by atoms with van der Waals surface area (Å²) in [5.74, 6) is -0.853. The summed E-state index contributed by atoms with van der Waals surface area (Å²) in [5.41, 5.74) is 4.84. The molecule has 0 spiro atoms. The summed E-state index contributed by atoms with van der Waals surface area (Å²) in [5, 5.41) is 20.9. The maximum Gasteiger partial charge on any atom is 0.335 e. The molecule has 0 saturated carbocycles. The number of carboxylic acid groups (broad SMARTS) is 1. The van der Waals surface area contributed by atoms with E-state index in [1.54, 1.807) is 24.3 Å². The minimum Gasteiger partial charge on any atom is -0.478 e. The summed E-state index contributed by atoms with van der Waals surface area (Å²) < 4.78 is 8.04. The molecule has 1 aliphatic rings. The van der Waals surface area contributed by atoms with Crippen molar-refractivity contribution in [3.8, 4) is 0 Å². The van der Waals surface area contributed by atoms with E-state index in [0.29, 0.717) is 5.56 Å². The number of carboxylic acids is 1. The molecule has 1 aromatic heterocycles. The van der Waals surface area contributed by atoms with Crippen LogP contribution < -0.4 is 0 Å². The third-order valence-electron chi connectivity index (χ3n) is 7.56. The fourth-order valence-electron chi connectivity index (χ4n) is 4.55. The molecule has 0 aliphatic heterocycles. The van der Waals surface area contributed by atoms with E-state index >= 15 is 0 Å². The zero-order valence-corrected chi connectivity index (χ0v) is 25.6. The summed E-state index contributed by atoms with van der Waals surface area (Å²) in [4.78, 5) is 16.5. The molecule has 0 radical (unpaired) electrons. The highest BCUT2D eigenvalue weighted by molar-refractivity contribution is 14.1. The van der Waals surface area contributed by atoms with Crippen molar-refractivity contribution in [2.45, 2.75) is 97.6 Å². The highest BCUT2D eigenvalue weighted by Crippen LogP contribution is 2.50. The zero-order chi connectivity index (χ0) is 26.5. The number of aromatic nitrogens is 1. The Bertz CT molecular complexity index is 1100. The predicted octanol–water partition coefficient (Wildman–Crippen LogP) is 7.62. The number of hydrogen-bond donors (Lipinski definition) is 2. The van der Waals surface area contributed by atoms with Gasteiger partial charge in [-0.3, -0.25) is 4.98 Å². The number of rotatable bonds is 6. The van der Waals surface area contributed by atoms with E-state index in [0.717, 1.165) is 38.9 Å². The van der Waals surface area contributed by atoms with Gasteiger partial charge in [0, 0.05) is 20.4 Å². The van der Waals surface area contributed by atoms with Gasteiger partial charge < -0.3 is 14.6 Å². The topological polar surface area (TPSA) is 79.7 Å². The molecular weight excluding hydrogens is 569 g/mol. The van der Waals surface area contributed by atoms with Crippen LogP contribution in [0, 0.1) is 8.99 Å². The van der Waals surface area contributed by atoms with E-state index in [1.165, 1.54) is 0 Å². The van der Waals surface area contributed by atoms with Gasteiger partial charge in [-0.15, -0.1) is 0 Å². The van der Waals surface area contributed by atoms with E-state index in [-0.39, 0.29) is 28.0 Å². The Morgan fingerprint density at radius 3 is 2.26 bits per heavy atom. The van der Waals surface area contributed by atoms with Crippen LogP contribution in [0.4, 0.5) is 0 Å². The van der Waals surface area contributed by atoms with Crippen molar-refractivity contribution < 1.29 is 19.4 Å². The van der Waals surface area contributed by atoms with Crippen molar-refractivity contribution in [2.24, 2.45) is 5.41 Å². The number of aliphatic hydroxyl groups excluding tert-OH is 1. The van der Waals surface area contributed by atoms with Crippen LogP contribution in [0.2, 0.25) is 18.1 Å². The first-order chi connectivity index (χ1) is 15.9. The minimum absolute atomic E-state index is 0.0666. The first-order valence-electron chi connectivity index (χ1n) is 12.4. The fraction of sp³-hybridized carbons (Fsp3) is 0.571. The van der Waals surface area contributed by atoms with Gasteiger partial charge in [-0.05, 0) is 82.6 Å². The Morgan fingerprint density at radius 2 is 1.77 bits per heavy atom. The number of aromatic carboxylic acids is 1. The molecule has 2 N–H and O–H groups in total. The molecule has 2 atom stereocenters. The van der Waals surface area contributed by atoms with Crippen LogP contribution in [0.5, 0.6) is 0 Å². The van der Waals surface area contributed by atoms with E-state index in [4.69, 9.17) is 9.41 Å². The molecule has 192 valence electrons. The van der Waals surface area contributed by atoms with Crippen molar-refractivity contribution in [3.63, 3.8) is 0 Å². The first-order valence-corrected chi connectivity index (χ1v) is 16.3. The second-order valence-corrected chi connectivity index (χ2v) is 18.3. The van der Waals surface area contributed by atoms with Gasteiger partial charge >= 0.3 is 5.97 Å². The Kier molecular flexibility index (Phi) is 7.98. The number of aliphatic hydroxyl groups is 1. The first kappa shape index (κ1) is 28.3. The molecule has 0 fully saturated rings. The molecule has 1 aliphatic carbocycles. The third-order valence-corrected chi connectivity index (χ3v) is 13.2. The SMILES string of the molecule is CC(C)c1nc2c(c(I)c1C(O)c1ccc(C(=O)O)cc1)C(O[Si](C)(C)C(C)(C)C)CC(C)(C)C2. The van der Waals surface area contributed by atoms with Gasteiger partial charge in [-0.25, -0.2) is 4.79 Å². The molecule has 5 nitrogen and oxygen atoms in total. The normalized spacial score (nSPS) is 18.9. The number of nitrogens with zero attached hydrogens (tertiary/aromatic N) is 1. The van der Waals surface area contributed by atoms with Crippen LogP contribution >= 0.6 is 22.6 Å². The van der Waals surface area contributed by atoms with Crippen LogP contribution in [-0.2, 0) is 10.8 Å². The van der Waals surface area contributed by atoms with Gasteiger partial charge in [0.05, 0.1) is 17.4 Å². The lowest BCUT2D eigenvalue weighted by atomic mass is 9.74. The minimum atomic E-state index is -2.06. The smallest absolute Gasteiger partial charge is 0.335 e. The maximum atomic E-state index is 11.6. The summed E-state index contributed by atoms with van der Waals surface area (Å²) in [6, 6.07) is 6.47. The Morgan fingerprint density at radius 1 is 1.20 bits per heavy atom. The number of halogens is 1. The van der Waals surface area contributed by atoms with Crippen LogP contribution in [-0.4, -0.2) is 29.5 Å². The Balaban J connectivity index is 2.19. The number of hydrogen-bond acceptors (Lipinski definition) is 4. The van der Waals surface area contributed by atoms with Gasteiger partial charge in [0.15, 0.2) is 8.32 Å². The van der Waals surface area contributed by atoms with E-state index in [9.17, 15) is 15.0 Å². The van der Waals surface area contributed by atoms with Crippen LogP contribution in [0.15, 0.2) is 24.3 Å². The van der Waals surface area contributed by atoms with Crippen LogP contribution in [0.3, 0.4) is 0 Å². The third kappa shape index (κ3) is 5.83. The lowest BCUT2D eigenvalue weighted by molar-refractivity contribution is 0.0696. The molecule has 0 saturated heterocycles.